The number of hydrogen-bond acceptors (Lipinski definition) is 5. The molecule has 3 heterocycles. The molecule has 3 rings (SSSR count). The van der Waals surface area contributed by atoms with Crippen LogP contribution in [-0.4, -0.2) is 81.3 Å². The highest BCUT2D eigenvalue weighted by Gasteiger charge is 2.40. The molecule has 5 heteroatoms. The van der Waals surface area contributed by atoms with Crippen molar-refractivity contribution in [1.82, 2.24) is 14.7 Å². The van der Waals surface area contributed by atoms with Crippen LogP contribution in [0.1, 0.15) is 12.0 Å². The summed E-state index contributed by atoms with van der Waals surface area (Å²) in [5, 5.41) is 4.45. The van der Waals surface area contributed by atoms with Gasteiger partial charge in [0.15, 0.2) is 0 Å². The molecule has 2 saturated heterocycles. The number of thiophene rings is 1. The molecule has 1 aromatic heterocycles. The maximum atomic E-state index is 5.98. The molecular formula is C17H29N3OS. The number of nitrogens with zero attached hydrogens (tertiary/aromatic N) is 3. The minimum absolute atomic E-state index is 0.346. The van der Waals surface area contributed by atoms with Crippen molar-refractivity contribution < 1.29 is 4.74 Å². The second kappa shape index (κ2) is 7.41. The van der Waals surface area contributed by atoms with Crippen molar-refractivity contribution in [1.29, 1.82) is 0 Å². The Kier molecular flexibility index (Phi) is 5.52. The first-order valence-electron chi connectivity index (χ1n) is 8.34. The maximum Gasteiger partial charge on any atom is 0.0593 e. The smallest absolute Gasteiger partial charge is 0.0593 e. The summed E-state index contributed by atoms with van der Waals surface area (Å²) >= 11 is 1.80. The Balaban J connectivity index is 1.58. The molecule has 1 spiro atoms. The Bertz CT molecular complexity index is 451. The lowest BCUT2D eigenvalue weighted by molar-refractivity contribution is 0.0707. The summed E-state index contributed by atoms with van der Waals surface area (Å²) in [6, 6.07) is 2.25. The Morgan fingerprint density at radius 1 is 1.27 bits per heavy atom. The fourth-order valence-corrected chi connectivity index (χ4v) is 4.32. The van der Waals surface area contributed by atoms with E-state index in [-0.39, 0.29) is 0 Å². The van der Waals surface area contributed by atoms with E-state index >= 15 is 0 Å². The predicted molar refractivity (Wildman–Crippen MR) is 92.5 cm³/mol. The third-order valence-corrected chi connectivity index (χ3v) is 5.62. The summed E-state index contributed by atoms with van der Waals surface area (Å²) in [6.45, 7) is 9.89. The van der Waals surface area contributed by atoms with Gasteiger partial charge in [0.1, 0.15) is 0 Å². The Labute approximate surface area is 138 Å². The molecule has 1 unspecified atom stereocenters. The first-order valence-corrected chi connectivity index (χ1v) is 9.28. The number of hydrogen-bond donors (Lipinski definition) is 0. The minimum atomic E-state index is 0.346. The van der Waals surface area contributed by atoms with Gasteiger partial charge in [0.2, 0.25) is 0 Å². The zero-order valence-electron chi connectivity index (χ0n) is 14.0. The van der Waals surface area contributed by atoms with E-state index in [1.54, 1.807) is 11.3 Å². The molecule has 0 aromatic carbocycles. The van der Waals surface area contributed by atoms with Gasteiger partial charge in [0.25, 0.3) is 0 Å². The molecule has 2 fully saturated rings. The molecule has 124 valence electrons. The highest BCUT2D eigenvalue weighted by molar-refractivity contribution is 7.07. The van der Waals surface area contributed by atoms with Crippen LogP contribution in [-0.2, 0) is 11.3 Å². The Morgan fingerprint density at radius 3 is 2.91 bits per heavy atom. The molecular weight excluding hydrogens is 294 g/mol. The molecule has 0 N–H and O–H groups in total. The van der Waals surface area contributed by atoms with Crippen molar-refractivity contribution in [2.45, 2.75) is 13.0 Å². The van der Waals surface area contributed by atoms with Crippen molar-refractivity contribution in [2.75, 3.05) is 66.6 Å². The zero-order valence-corrected chi connectivity index (χ0v) is 14.8. The van der Waals surface area contributed by atoms with Gasteiger partial charge in [-0.25, -0.2) is 0 Å². The van der Waals surface area contributed by atoms with E-state index in [9.17, 15) is 0 Å². The van der Waals surface area contributed by atoms with Crippen molar-refractivity contribution in [3.8, 4) is 0 Å². The van der Waals surface area contributed by atoms with E-state index in [0.29, 0.717) is 5.41 Å². The van der Waals surface area contributed by atoms with Crippen molar-refractivity contribution >= 4 is 11.3 Å². The third-order valence-electron chi connectivity index (χ3n) is 4.89. The lowest BCUT2D eigenvalue weighted by Crippen LogP contribution is -2.41. The van der Waals surface area contributed by atoms with Gasteiger partial charge in [-0.3, -0.25) is 4.90 Å². The van der Waals surface area contributed by atoms with Crippen LogP contribution in [0.15, 0.2) is 16.8 Å². The molecule has 2 aliphatic heterocycles. The van der Waals surface area contributed by atoms with E-state index in [4.69, 9.17) is 4.74 Å². The first-order chi connectivity index (χ1) is 10.7. The van der Waals surface area contributed by atoms with Crippen LogP contribution < -0.4 is 0 Å². The van der Waals surface area contributed by atoms with Gasteiger partial charge < -0.3 is 14.5 Å². The predicted octanol–water partition coefficient (Wildman–Crippen LogP) is 1.83. The van der Waals surface area contributed by atoms with Gasteiger partial charge in [-0.05, 0) is 49.5 Å². The summed E-state index contributed by atoms with van der Waals surface area (Å²) < 4.78 is 5.98. The number of ether oxygens (including phenoxy) is 1. The van der Waals surface area contributed by atoms with E-state index in [1.165, 1.54) is 38.2 Å². The second-order valence-electron chi connectivity index (χ2n) is 7.22. The molecule has 22 heavy (non-hydrogen) atoms. The molecule has 0 radical (unpaired) electrons. The average molecular weight is 324 g/mol. The SMILES string of the molecule is CN(C)CCN1CCC2(COCCN(Cc3ccsc3)C2)C1. The number of rotatable bonds is 5. The number of likely N-dealkylation sites (tertiary alicyclic amines) is 1. The van der Waals surface area contributed by atoms with E-state index in [2.05, 4.69) is 45.6 Å². The summed E-state index contributed by atoms with van der Waals surface area (Å²) in [5.41, 5.74) is 1.79. The van der Waals surface area contributed by atoms with Crippen molar-refractivity contribution in [2.24, 2.45) is 5.41 Å². The molecule has 0 aliphatic carbocycles. The second-order valence-corrected chi connectivity index (χ2v) is 8.00. The van der Waals surface area contributed by atoms with Gasteiger partial charge in [0, 0.05) is 44.7 Å². The van der Waals surface area contributed by atoms with Crippen LogP contribution in [0.4, 0.5) is 0 Å². The summed E-state index contributed by atoms with van der Waals surface area (Å²) in [4.78, 5) is 7.50. The van der Waals surface area contributed by atoms with Crippen LogP contribution in [0.3, 0.4) is 0 Å². The van der Waals surface area contributed by atoms with Crippen LogP contribution >= 0.6 is 11.3 Å². The van der Waals surface area contributed by atoms with E-state index in [1.807, 2.05) is 0 Å². The van der Waals surface area contributed by atoms with Gasteiger partial charge >= 0.3 is 0 Å². The van der Waals surface area contributed by atoms with Crippen molar-refractivity contribution in [3.63, 3.8) is 0 Å². The highest BCUT2D eigenvalue weighted by atomic mass is 32.1. The molecule has 0 bridgehead atoms. The molecule has 0 amide bonds. The number of likely N-dealkylation sites (N-methyl/N-ethyl adjacent to an activating group) is 1. The normalized spacial score (nSPS) is 27.8. The maximum absolute atomic E-state index is 5.98. The molecule has 1 atom stereocenters. The van der Waals surface area contributed by atoms with Crippen LogP contribution in [0, 0.1) is 5.41 Å². The van der Waals surface area contributed by atoms with Crippen LogP contribution in [0.5, 0.6) is 0 Å². The quantitative estimate of drug-likeness (QED) is 0.823. The van der Waals surface area contributed by atoms with Gasteiger partial charge in [-0.15, -0.1) is 0 Å². The van der Waals surface area contributed by atoms with Gasteiger partial charge in [-0.2, -0.15) is 11.3 Å². The lowest BCUT2D eigenvalue weighted by atomic mass is 9.87. The molecule has 2 aliphatic rings. The lowest BCUT2D eigenvalue weighted by Gasteiger charge is -2.32. The van der Waals surface area contributed by atoms with E-state index in [0.717, 1.165) is 32.8 Å². The summed E-state index contributed by atoms with van der Waals surface area (Å²) in [7, 11) is 4.31. The van der Waals surface area contributed by atoms with Crippen molar-refractivity contribution in [3.05, 3.63) is 22.4 Å². The molecule has 4 nitrogen and oxygen atoms in total. The molecule has 1 aromatic rings. The summed E-state index contributed by atoms with van der Waals surface area (Å²) in [5.74, 6) is 0. The largest absolute Gasteiger partial charge is 0.379 e. The topological polar surface area (TPSA) is 19.0 Å². The highest BCUT2D eigenvalue weighted by Crippen LogP contribution is 2.33. The van der Waals surface area contributed by atoms with Crippen LogP contribution in [0.2, 0.25) is 0 Å². The minimum Gasteiger partial charge on any atom is -0.379 e. The monoisotopic (exact) mass is 323 g/mol. The van der Waals surface area contributed by atoms with Gasteiger partial charge in [-0.1, -0.05) is 0 Å². The van der Waals surface area contributed by atoms with E-state index < -0.39 is 0 Å². The fourth-order valence-electron chi connectivity index (χ4n) is 3.66. The Morgan fingerprint density at radius 2 is 2.14 bits per heavy atom. The fraction of sp³-hybridized carbons (Fsp3) is 0.765. The first kappa shape index (κ1) is 16.4. The average Bonchev–Trinajstić information content (AvgIpc) is 3.07. The standard InChI is InChI=1S/C17H29N3OS/c1-18(2)6-7-19-5-4-17(13-19)14-20(8-9-21-15-17)11-16-3-10-22-12-16/h3,10,12H,4-9,11,13-15H2,1-2H3. The summed E-state index contributed by atoms with van der Waals surface area (Å²) in [6.07, 6.45) is 1.28. The van der Waals surface area contributed by atoms with Crippen LogP contribution in [0.25, 0.3) is 0 Å². The Hall–Kier alpha value is -0.460. The zero-order chi connectivity index (χ0) is 15.4. The third kappa shape index (κ3) is 4.30. The van der Waals surface area contributed by atoms with Gasteiger partial charge in [0.05, 0.1) is 13.2 Å². The molecule has 0 saturated carbocycles.